The number of sulfonamides is 1. The van der Waals surface area contributed by atoms with Crippen molar-refractivity contribution in [2.24, 2.45) is 4.99 Å². The number of hydrogen-bond donors (Lipinski definition) is 2. The Morgan fingerprint density at radius 3 is 2.70 bits per heavy atom. The standard InChI is InChI=1S/C24H21ClF3N5O3S/c1-3-36-13-32-21(17-6-8-29-23-18(17)7-9-30-23)22-20(10-15(25)12-31-22)33-37(34,35)16-5-4-14(2)19(11-16)24(26,27)28/h4-12,33H,3,13H2,1-2H3,(H,29,30)/b32-21+. The average Bonchev–Trinajstić information content (AvgIpc) is 3.31. The summed E-state index contributed by atoms with van der Waals surface area (Å²) in [6, 6.07) is 7.56. The summed E-state index contributed by atoms with van der Waals surface area (Å²) in [7, 11) is -4.48. The Hall–Kier alpha value is -3.48. The van der Waals surface area contributed by atoms with E-state index in [0.29, 0.717) is 29.3 Å². The molecule has 3 aromatic heterocycles. The number of ether oxygens (including phenoxy) is 1. The van der Waals surface area contributed by atoms with Gasteiger partial charge in [-0.25, -0.2) is 13.4 Å². The number of benzene rings is 1. The van der Waals surface area contributed by atoms with Gasteiger partial charge in [-0.15, -0.1) is 0 Å². The summed E-state index contributed by atoms with van der Waals surface area (Å²) in [5, 5.41) is 0.795. The lowest BCUT2D eigenvalue weighted by Crippen LogP contribution is -2.19. The zero-order valence-corrected chi connectivity index (χ0v) is 21.2. The van der Waals surface area contributed by atoms with Gasteiger partial charge in [0.2, 0.25) is 0 Å². The zero-order chi connectivity index (χ0) is 26.8. The maximum atomic E-state index is 13.4. The Balaban J connectivity index is 1.84. The number of nitrogens with one attached hydrogen (secondary N) is 2. The third-order valence-corrected chi connectivity index (χ3v) is 6.95. The average molecular weight is 552 g/mol. The number of aromatic nitrogens is 3. The van der Waals surface area contributed by atoms with Crippen LogP contribution in [0.2, 0.25) is 5.02 Å². The van der Waals surface area contributed by atoms with Crippen molar-refractivity contribution in [3.8, 4) is 0 Å². The zero-order valence-electron chi connectivity index (χ0n) is 19.6. The van der Waals surface area contributed by atoms with Gasteiger partial charge < -0.3 is 9.72 Å². The molecule has 0 aliphatic rings. The van der Waals surface area contributed by atoms with E-state index in [4.69, 9.17) is 16.3 Å². The molecule has 0 saturated carbocycles. The van der Waals surface area contributed by atoms with Crippen LogP contribution in [0.25, 0.3) is 11.0 Å². The van der Waals surface area contributed by atoms with Crippen molar-refractivity contribution in [3.63, 3.8) is 0 Å². The van der Waals surface area contributed by atoms with Crippen molar-refractivity contribution >= 4 is 44.1 Å². The van der Waals surface area contributed by atoms with Crippen LogP contribution >= 0.6 is 11.6 Å². The topological polar surface area (TPSA) is 109 Å². The molecule has 0 bridgehead atoms. The van der Waals surface area contributed by atoms with E-state index in [0.717, 1.165) is 12.1 Å². The van der Waals surface area contributed by atoms with E-state index in [2.05, 4.69) is 24.7 Å². The van der Waals surface area contributed by atoms with E-state index in [-0.39, 0.29) is 34.4 Å². The van der Waals surface area contributed by atoms with Crippen LogP contribution < -0.4 is 4.72 Å². The predicted octanol–water partition coefficient (Wildman–Crippen LogP) is 5.57. The minimum absolute atomic E-state index is 0.0521. The molecule has 4 aromatic rings. The number of halogens is 4. The molecule has 13 heteroatoms. The molecule has 0 aliphatic carbocycles. The van der Waals surface area contributed by atoms with Crippen LogP contribution in [0.15, 0.2) is 64.9 Å². The second kappa shape index (κ2) is 10.5. The van der Waals surface area contributed by atoms with Crippen LogP contribution in [-0.2, 0) is 20.9 Å². The lowest BCUT2D eigenvalue weighted by molar-refractivity contribution is -0.138. The molecule has 3 heterocycles. The molecule has 0 spiro atoms. The highest BCUT2D eigenvalue weighted by Crippen LogP contribution is 2.34. The molecule has 37 heavy (non-hydrogen) atoms. The number of rotatable bonds is 8. The Bertz CT molecular complexity index is 1590. The van der Waals surface area contributed by atoms with E-state index in [1.807, 2.05) is 0 Å². The van der Waals surface area contributed by atoms with E-state index in [1.165, 1.54) is 19.2 Å². The molecule has 4 rings (SSSR count). The fourth-order valence-electron chi connectivity index (χ4n) is 3.64. The van der Waals surface area contributed by atoms with Gasteiger partial charge in [0.25, 0.3) is 10.0 Å². The normalized spacial score (nSPS) is 12.8. The number of H-pyrrole nitrogens is 1. The first kappa shape index (κ1) is 26.6. The quantitative estimate of drug-likeness (QED) is 0.220. The van der Waals surface area contributed by atoms with Crippen LogP contribution in [0.3, 0.4) is 0 Å². The molecule has 0 unspecified atom stereocenters. The first-order valence-corrected chi connectivity index (χ1v) is 12.8. The van der Waals surface area contributed by atoms with Crippen LogP contribution in [-0.4, -0.2) is 42.4 Å². The van der Waals surface area contributed by atoms with Gasteiger partial charge in [-0.3, -0.25) is 14.7 Å². The van der Waals surface area contributed by atoms with Crippen molar-refractivity contribution in [2.45, 2.75) is 24.9 Å². The van der Waals surface area contributed by atoms with Gasteiger partial charge in [-0.05, 0) is 49.7 Å². The minimum atomic E-state index is -4.72. The van der Waals surface area contributed by atoms with Crippen molar-refractivity contribution in [3.05, 3.63) is 82.4 Å². The summed E-state index contributed by atoms with van der Waals surface area (Å²) in [5.74, 6) is 0. The number of aryl methyl sites for hydroxylation is 1. The highest BCUT2D eigenvalue weighted by molar-refractivity contribution is 7.92. The summed E-state index contributed by atoms with van der Waals surface area (Å²) in [5.41, 5.74) is 0.296. The molecule has 1 aromatic carbocycles. The maximum absolute atomic E-state index is 13.4. The lowest BCUT2D eigenvalue weighted by Gasteiger charge is -2.16. The van der Waals surface area contributed by atoms with Gasteiger partial charge >= 0.3 is 6.18 Å². The Morgan fingerprint density at radius 1 is 1.19 bits per heavy atom. The number of aliphatic imine (C=N–C) groups is 1. The molecule has 0 aliphatic heterocycles. The first-order chi connectivity index (χ1) is 17.5. The number of aromatic amines is 1. The van der Waals surface area contributed by atoms with Gasteiger partial charge in [0, 0.05) is 36.1 Å². The van der Waals surface area contributed by atoms with Crippen molar-refractivity contribution < 1.29 is 26.3 Å². The highest BCUT2D eigenvalue weighted by Gasteiger charge is 2.34. The summed E-state index contributed by atoms with van der Waals surface area (Å²) in [6.07, 6.45) is -0.167. The molecule has 0 saturated heterocycles. The van der Waals surface area contributed by atoms with Gasteiger partial charge in [0.05, 0.1) is 26.9 Å². The Morgan fingerprint density at radius 2 is 1.97 bits per heavy atom. The third-order valence-electron chi connectivity index (χ3n) is 5.38. The maximum Gasteiger partial charge on any atom is 0.416 e. The second-order valence-electron chi connectivity index (χ2n) is 7.86. The number of nitrogens with zero attached hydrogens (tertiary/aromatic N) is 3. The summed E-state index contributed by atoms with van der Waals surface area (Å²) < 4.78 is 74.4. The fraction of sp³-hybridized carbons (Fsp3) is 0.208. The van der Waals surface area contributed by atoms with Crippen molar-refractivity contribution in [1.29, 1.82) is 0 Å². The molecule has 8 nitrogen and oxygen atoms in total. The third kappa shape index (κ3) is 5.76. The number of pyridine rings is 2. The summed E-state index contributed by atoms with van der Waals surface area (Å²) in [6.45, 7) is 3.38. The van der Waals surface area contributed by atoms with E-state index in [9.17, 15) is 21.6 Å². The van der Waals surface area contributed by atoms with Crippen LogP contribution in [0.4, 0.5) is 18.9 Å². The van der Waals surface area contributed by atoms with Crippen LogP contribution in [0, 0.1) is 6.92 Å². The molecule has 2 N–H and O–H groups in total. The van der Waals surface area contributed by atoms with Crippen molar-refractivity contribution in [2.75, 3.05) is 18.1 Å². The lowest BCUT2D eigenvalue weighted by atomic mass is 10.0. The number of fused-ring (bicyclic) bond motifs is 1. The number of hydrogen-bond acceptors (Lipinski definition) is 6. The number of alkyl halides is 3. The van der Waals surface area contributed by atoms with Crippen LogP contribution in [0.5, 0.6) is 0 Å². The molecular weight excluding hydrogens is 531 g/mol. The molecule has 0 amide bonds. The highest BCUT2D eigenvalue weighted by atomic mass is 35.5. The molecule has 0 atom stereocenters. The van der Waals surface area contributed by atoms with Crippen molar-refractivity contribution in [1.82, 2.24) is 15.0 Å². The smallest absolute Gasteiger partial charge is 0.360 e. The number of anilines is 1. The SMILES string of the molecule is CCOC/N=C(/c1ncc(Cl)cc1NS(=O)(=O)c1ccc(C)c(C(F)(F)F)c1)c1ccnc2[nH]ccc12. The van der Waals surface area contributed by atoms with Gasteiger partial charge in [0.1, 0.15) is 18.1 Å². The Labute approximate surface area is 215 Å². The molecule has 0 radical (unpaired) electrons. The summed E-state index contributed by atoms with van der Waals surface area (Å²) in [4.78, 5) is 15.5. The van der Waals surface area contributed by atoms with Gasteiger partial charge in [-0.2, -0.15) is 13.2 Å². The van der Waals surface area contributed by atoms with Crippen LogP contribution in [0.1, 0.15) is 29.3 Å². The molecular formula is C24H21ClF3N5O3S. The monoisotopic (exact) mass is 551 g/mol. The molecule has 0 fully saturated rings. The minimum Gasteiger partial charge on any atom is -0.360 e. The fourth-order valence-corrected chi connectivity index (χ4v) is 4.88. The Kier molecular flexibility index (Phi) is 7.53. The second-order valence-corrected chi connectivity index (χ2v) is 9.98. The molecule has 194 valence electrons. The largest absolute Gasteiger partial charge is 0.416 e. The predicted molar refractivity (Wildman–Crippen MR) is 134 cm³/mol. The van der Waals surface area contributed by atoms with Gasteiger partial charge in [-0.1, -0.05) is 17.7 Å². The van der Waals surface area contributed by atoms with E-state index < -0.39 is 26.7 Å². The van der Waals surface area contributed by atoms with E-state index >= 15 is 0 Å². The summed E-state index contributed by atoms with van der Waals surface area (Å²) >= 11 is 6.13. The van der Waals surface area contributed by atoms with Gasteiger partial charge in [0.15, 0.2) is 0 Å². The van der Waals surface area contributed by atoms with E-state index in [1.54, 1.807) is 31.5 Å². The first-order valence-electron chi connectivity index (χ1n) is 10.9.